The molecule has 3 heteroatoms. The van der Waals surface area contributed by atoms with Crippen LogP contribution in [0.5, 0.6) is 5.75 Å². The summed E-state index contributed by atoms with van der Waals surface area (Å²) < 4.78 is 6.95. The van der Waals surface area contributed by atoms with Crippen molar-refractivity contribution in [1.82, 2.24) is 0 Å². The van der Waals surface area contributed by atoms with Crippen molar-refractivity contribution in [1.29, 1.82) is 0 Å². The lowest BCUT2D eigenvalue weighted by Crippen LogP contribution is -1.97. The monoisotopic (exact) mass is 463 g/mol. The molecule has 0 N–H and O–H groups in total. The van der Waals surface area contributed by atoms with Gasteiger partial charge in [0.25, 0.3) is 0 Å². The van der Waals surface area contributed by atoms with E-state index in [0.29, 0.717) is 0 Å². The molecule has 0 spiro atoms. The molecule has 2 nitrogen and oxygen atoms in total. The fraction of sp³-hybridized carbons (Fsp3) is 0.296. The van der Waals surface area contributed by atoms with Crippen molar-refractivity contribution in [2.45, 2.75) is 45.4 Å². The Kier molecular flexibility index (Phi) is 9.17. The minimum absolute atomic E-state index is 0.802. The molecule has 0 bridgehead atoms. The first-order valence-electron chi connectivity index (χ1n) is 10.9. The number of hydrogen-bond donors (Lipinski definition) is 0. The molecule has 0 aromatic heterocycles. The largest absolute Gasteiger partial charge is 0.494 e. The Labute approximate surface area is 189 Å². The first-order valence-corrected chi connectivity index (χ1v) is 11.7. The van der Waals surface area contributed by atoms with Gasteiger partial charge in [0, 0.05) is 10.7 Å². The van der Waals surface area contributed by atoms with Gasteiger partial charge in [-0.2, -0.15) is 0 Å². The van der Waals surface area contributed by atoms with Crippen molar-refractivity contribution in [3.8, 4) is 16.9 Å². The van der Waals surface area contributed by atoms with Crippen LogP contribution < -0.4 is 4.74 Å². The summed E-state index contributed by atoms with van der Waals surface area (Å²) in [7, 11) is 0. The third-order valence-electron chi connectivity index (χ3n) is 5.05. The van der Waals surface area contributed by atoms with E-state index in [2.05, 4.69) is 64.2 Å². The zero-order valence-corrected chi connectivity index (χ0v) is 19.3. The van der Waals surface area contributed by atoms with Gasteiger partial charge in [0.1, 0.15) is 5.75 Å². The van der Waals surface area contributed by atoms with Gasteiger partial charge in [-0.05, 0) is 59.5 Å². The van der Waals surface area contributed by atoms with Gasteiger partial charge in [-0.15, -0.1) is 0 Å². The maximum Gasteiger partial charge on any atom is 0.119 e. The van der Waals surface area contributed by atoms with Gasteiger partial charge in [-0.25, -0.2) is 0 Å². The maximum absolute atomic E-state index is 5.88. The molecule has 0 atom stereocenters. The predicted octanol–water partition coefficient (Wildman–Crippen LogP) is 8.61. The first kappa shape index (κ1) is 22.3. The van der Waals surface area contributed by atoms with Gasteiger partial charge in [0.05, 0.1) is 12.3 Å². The van der Waals surface area contributed by atoms with Crippen LogP contribution in [0.4, 0.5) is 5.69 Å². The molecule has 0 saturated carbocycles. The summed E-state index contributed by atoms with van der Waals surface area (Å²) in [6.45, 7) is 3.05. The van der Waals surface area contributed by atoms with Crippen LogP contribution in [0.15, 0.2) is 82.3 Å². The summed E-state index contributed by atoms with van der Waals surface area (Å²) in [5.74, 6) is 0.947. The Hall–Kier alpha value is -2.39. The average molecular weight is 464 g/mol. The van der Waals surface area contributed by atoms with E-state index in [-0.39, 0.29) is 0 Å². The summed E-state index contributed by atoms with van der Waals surface area (Å²) in [6, 6.07) is 24.8. The lowest BCUT2D eigenvalue weighted by molar-refractivity contribution is 0.304. The molecule has 30 heavy (non-hydrogen) atoms. The van der Waals surface area contributed by atoms with Crippen LogP contribution in [0, 0.1) is 0 Å². The number of nitrogens with zero attached hydrogens (tertiary/aromatic N) is 1. The summed E-state index contributed by atoms with van der Waals surface area (Å²) in [4.78, 5) is 4.56. The highest BCUT2D eigenvalue weighted by molar-refractivity contribution is 9.10. The summed E-state index contributed by atoms with van der Waals surface area (Å²) in [5, 5.41) is 0. The van der Waals surface area contributed by atoms with Gasteiger partial charge >= 0.3 is 0 Å². The molecule has 0 aliphatic carbocycles. The van der Waals surface area contributed by atoms with E-state index in [9.17, 15) is 0 Å². The number of hydrogen-bond acceptors (Lipinski definition) is 2. The fourth-order valence-corrected chi connectivity index (χ4v) is 3.52. The number of aliphatic imine (C=N–C) groups is 1. The predicted molar refractivity (Wildman–Crippen MR) is 132 cm³/mol. The van der Waals surface area contributed by atoms with Crippen LogP contribution in [0.3, 0.4) is 0 Å². The molecule has 0 radical (unpaired) electrons. The SMILES string of the molecule is CCCCCCCCOc1ccc(-c2ccc(N=Cc3ccc(Br)cc3)cc2)cc1. The van der Waals surface area contributed by atoms with Gasteiger partial charge in [0.15, 0.2) is 0 Å². The molecule has 0 heterocycles. The number of rotatable bonds is 11. The Morgan fingerprint density at radius 3 is 2.00 bits per heavy atom. The molecule has 0 unspecified atom stereocenters. The lowest BCUT2D eigenvalue weighted by atomic mass is 10.1. The van der Waals surface area contributed by atoms with Crippen LogP contribution in [0.25, 0.3) is 11.1 Å². The molecular formula is C27H30BrNO. The van der Waals surface area contributed by atoms with Crippen molar-refractivity contribution in [3.05, 3.63) is 82.8 Å². The molecule has 0 fully saturated rings. The summed E-state index contributed by atoms with van der Waals surface area (Å²) in [6.07, 6.45) is 9.59. The van der Waals surface area contributed by atoms with Crippen LogP contribution in [-0.4, -0.2) is 12.8 Å². The van der Waals surface area contributed by atoms with E-state index < -0.39 is 0 Å². The molecule has 3 aromatic rings. The smallest absolute Gasteiger partial charge is 0.119 e. The second-order valence-electron chi connectivity index (χ2n) is 7.50. The minimum atomic E-state index is 0.802. The van der Waals surface area contributed by atoms with E-state index >= 15 is 0 Å². The summed E-state index contributed by atoms with van der Waals surface area (Å²) >= 11 is 3.45. The van der Waals surface area contributed by atoms with E-state index in [1.54, 1.807) is 0 Å². The van der Waals surface area contributed by atoms with Crippen LogP contribution >= 0.6 is 15.9 Å². The number of halogens is 1. The molecule has 0 saturated heterocycles. The standard InChI is InChI=1S/C27H30BrNO/c1-2-3-4-5-6-7-20-30-27-18-12-24(13-19-27)23-10-16-26(17-11-23)29-21-22-8-14-25(28)15-9-22/h8-19,21H,2-7,20H2,1H3. The van der Waals surface area contributed by atoms with Crippen molar-refractivity contribution < 1.29 is 4.74 Å². The van der Waals surface area contributed by atoms with Crippen LogP contribution in [0.2, 0.25) is 0 Å². The Balaban J connectivity index is 1.48. The highest BCUT2D eigenvalue weighted by atomic mass is 79.9. The van der Waals surface area contributed by atoms with E-state index in [4.69, 9.17) is 4.74 Å². The lowest BCUT2D eigenvalue weighted by Gasteiger charge is -2.08. The highest BCUT2D eigenvalue weighted by Gasteiger charge is 2.00. The second-order valence-corrected chi connectivity index (χ2v) is 8.41. The molecule has 156 valence electrons. The third-order valence-corrected chi connectivity index (χ3v) is 5.58. The average Bonchev–Trinajstić information content (AvgIpc) is 2.79. The molecule has 3 aromatic carbocycles. The highest BCUT2D eigenvalue weighted by Crippen LogP contribution is 2.25. The fourth-order valence-electron chi connectivity index (χ4n) is 3.25. The van der Waals surface area contributed by atoms with E-state index in [1.165, 1.54) is 43.2 Å². The molecule has 0 amide bonds. The third kappa shape index (κ3) is 7.46. The maximum atomic E-state index is 5.88. The van der Waals surface area contributed by atoms with Gasteiger partial charge in [-0.1, -0.05) is 91.4 Å². The van der Waals surface area contributed by atoms with Crippen LogP contribution in [-0.2, 0) is 0 Å². The van der Waals surface area contributed by atoms with Crippen molar-refractivity contribution in [2.75, 3.05) is 6.61 Å². The number of ether oxygens (including phenoxy) is 1. The normalized spacial score (nSPS) is 11.1. The molecule has 0 aliphatic heterocycles. The first-order chi connectivity index (χ1) is 14.7. The second kappa shape index (κ2) is 12.3. The molecule has 3 rings (SSSR count). The van der Waals surface area contributed by atoms with Gasteiger partial charge in [0.2, 0.25) is 0 Å². The van der Waals surface area contributed by atoms with Gasteiger partial charge < -0.3 is 4.74 Å². The Morgan fingerprint density at radius 1 is 0.733 bits per heavy atom. The zero-order valence-electron chi connectivity index (χ0n) is 17.7. The molecule has 0 aliphatic rings. The van der Waals surface area contributed by atoms with Gasteiger partial charge in [-0.3, -0.25) is 4.99 Å². The minimum Gasteiger partial charge on any atom is -0.494 e. The number of unbranched alkanes of at least 4 members (excludes halogenated alkanes) is 5. The zero-order chi connectivity index (χ0) is 21.0. The topological polar surface area (TPSA) is 21.6 Å². The molecular weight excluding hydrogens is 434 g/mol. The Morgan fingerprint density at radius 2 is 1.33 bits per heavy atom. The van der Waals surface area contributed by atoms with Crippen molar-refractivity contribution in [2.24, 2.45) is 4.99 Å². The van der Waals surface area contributed by atoms with E-state index in [1.807, 2.05) is 42.6 Å². The summed E-state index contributed by atoms with van der Waals surface area (Å²) in [5.41, 5.74) is 4.39. The van der Waals surface area contributed by atoms with E-state index in [0.717, 1.165) is 34.5 Å². The Bertz CT molecular complexity index is 899. The van der Waals surface area contributed by atoms with Crippen molar-refractivity contribution >= 4 is 27.8 Å². The number of benzene rings is 3. The van der Waals surface area contributed by atoms with Crippen LogP contribution in [0.1, 0.15) is 51.0 Å². The quantitative estimate of drug-likeness (QED) is 0.206. The van der Waals surface area contributed by atoms with Crippen molar-refractivity contribution in [3.63, 3.8) is 0 Å².